The summed E-state index contributed by atoms with van der Waals surface area (Å²) in [4.78, 5) is 17.2. The van der Waals surface area contributed by atoms with E-state index in [2.05, 4.69) is 34.2 Å². The molecular weight excluding hydrogens is 425 g/mol. The number of halogens is 2. The molecule has 1 atom stereocenters. The molecule has 0 aliphatic carbocycles. The van der Waals surface area contributed by atoms with Crippen molar-refractivity contribution in [3.63, 3.8) is 0 Å². The lowest BCUT2D eigenvalue weighted by Gasteiger charge is -2.41. The molecule has 166 valence electrons. The zero-order valence-corrected chi connectivity index (χ0v) is 18.9. The molecule has 1 aliphatic heterocycles. The van der Waals surface area contributed by atoms with E-state index in [-0.39, 0.29) is 11.7 Å². The zero-order valence-electron chi connectivity index (χ0n) is 18.1. The lowest BCUT2D eigenvalue weighted by Crippen LogP contribution is -2.51. The number of hydrogen-bond acceptors (Lipinski definition) is 3. The molecule has 1 aliphatic rings. The van der Waals surface area contributed by atoms with E-state index in [0.717, 1.165) is 43.0 Å². The van der Waals surface area contributed by atoms with Gasteiger partial charge in [0.1, 0.15) is 5.82 Å². The minimum absolute atomic E-state index is 0.116. The lowest BCUT2D eigenvalue weighted by molar-refractivity contribution is 0.0951. The molecule has 3 aromatic rings. The number of rotatable bonds is 6. The minimum Gasteiger partial charge on any atom is -0.366 e. The molecule has 0 spiro atoms. The Kier molecular flexibility index (Phi) is 7.08. The Bertz CT molecular complexity index is 1060. The van der Waals surface area contributed by atoms with Crippen molar-refractivity contribution >= 4 is 23.2 Å². The summed E-state index contributed by atoms with van der Waals surface area (Å²) in [7, 11) is 0. The number of hydrogen-bond donors (Lipinski definition) is 1. The van der Waals surface area contributed by atoms with E-state index in [9.17, 15) is 9.18 Å². The van der Waals surface area contributed by atoms with E-state index in [4.69, 9.17) is 11.6 Å². The fraction of sp³-hybridized carbons (Fsp3) is 0.269. The maximum atomic E-state index is 13.2. The second-order valence-corrected chi connectivity index (χ2v) is 8.70. The molecule has 1 N–H and O–H groups in total. The molecule has 4 nitrogen and oxygen atoms in total. The van der Waals surface area contributed by atoms with Gasteiger partial charge in [-0.15, -0.1) is 0 Å². The molecule has 0 aromatic heterocycles. The van der Waals surface area contributed by atoms with E-state index < -0.39 is 0 Å². The Balaban J connectivity index is 1.34. The van der Waals surface area contributed by atoms with Crippen LogP contribution in [0, 0.1) is 5.82 Å². The third kappa shape index (κ3) is 5.67. The van der Waals surface area contributed by atoms with Gasteiger partial charge < -0.3 is 10.2 Å². The molecule has 0 saturated carbocycles. The first-order valence-electron chi connectivity index (χ1n) is 10.8. The Labute approximate surface area is 193 Å². The van der Waals surface area contributed by atoms with Gasteiger partial charge in [-0.3, -0.25) is 9.69 Å². The first-order chi connectivity index (χ1) is 15.5. The van der Waals surface area contributed by atoms with Crippen LogP contribution in [0.2, 0.25) is 5.02 Å². The molecule has 1 saturated heterocycles. The highest BCUT2D eigenvalue weighted by Gasteiger charge is 2.24. The molecule has 3 aromatic carbocycles. The fourth-order valence-corrected chi connectivity index (χ4v) is 4.26. The van der Waals surface area contributed by atoms with Gasteiger partial charge in [0.2, 0.25) is 0 Å². The lowest BCUT2D eigenvalue weighted by atomic mass is 10.1. The van der Waals surface area contributed by atoms with Gasteiger partial charge in [-0.2, -0.15) is 0 Å². The summed E-state index contributed by atoms with van der Waals surface area (Å²) in [6.45, 7) is 6.33. The number of carbonyl (C=O) groups is 1. The Hall–Kier alpha value is -2.89. The molecular formula is C26H27ClFN3O. The Morgan fingerprint density at radius 3 is 2.50 bits per heavy atom. The molecule has 1 unspecified atom stereocenters. The average molecular weight is 452 g/mol. The van der Waals surface area contributed by atoms with Crippen molar-refractivity contribution < 1.29 is 9.18 Å². The highest BCUT2D eigenvalue weighted by molar-refractivity contribution is 6.30. The summed E-state index contributed by atoms with van der Waals surface area (Å²) in [5, 5.41) is 3.59. The van der Waals surface area contributed by atoms with Crippen LogP contribution in [0.25, 0.3) is 0 Å². The van der Waals surface area contributed by atoms with E-state index in [1.54, 1.807) is 24.3 Å². The van der Waals surface area contributed by atoms with Gasteiger partial charge in [0.25, 0.3) is 5.91 Å². The summed E-state index contributed by atoms with van der Waals surface area (Å²) in [6.07, 6.45) is 0. The first-order valence-corrected chi connectivity index (χ1v) is 11.2. The van der Waals surface area contributed by atoms with Gasteiger partial charge in [-0.25, -0.2) is 4.39 Å². The second kappa shape index (κ2) is 10.2. The van der Waals surface area contributed by atoms with Gasteiger partial charge >= 0.3 is 0 Å². The number of amides is 1. The van der Waals surface area contributed by atoms with Gasteiger partial charge in [0, 0.05) is 55.0 Å². The number of nitrogens with zero attached hydrogens (tertiary/aromatic N) is 2. The maximum absolute atomic E-state index is 13.2. The van der Waals surface area contributed by atoms with E-state index >= 15 is 0 Å². The normalized spacial score (nSPS) is 16.7. The molecule has 6 heteroatoms. The number of nitrogens with one attached hydrogen (secondary N) is 1. The van der Waals surface area contributed by atoms with Crippen LogP contribution in [0.4, 0.5) is 10.1 Å². The summed E-state index contributed by atoms with van der Waals surface area (Å²) in [6, 6.07) is 22.3. The molecule has 0 bridgehead atoms. The Morgan fingerprint density at radius 1 is 1.03 bits per heavy atom. The molecule has 1 heterocycles. The quantitative estimate of drug-likeness (QED) is 0.565. The largest absolute Gasteiger partial charge is 0.366 e. The molecule has 1 fully saturated rings. The summed E-state index contributed by atoms with van der Waals surface area (Å²) in [5.74, 6) is -0.314. The highest BCUT2D eigenvalue weighted by atomic mass is 35.5. The molecule has 32 heavy (non-hydrogen) atoms. The summed E-state index contributed by atoms with van der Waals surface area (Å²) < 4.78 is 13.2. The van der Waals surface area contributed by atoms with Crippen LogP contribution in [0.1, 0.15) is 28.4 Å². The second-order valence-electron chi connectivity index (χ2n) is 8.26. The smallest absolute Gasteiger partial charge is 0.251 e. The molecule has 4 rings (SSSR count). The van der Waals surface area contributed by atoms with Crippen LogP contribution in [0.5, 0.6) is 0 Å². The van der Waals surface area contributed by atoms with Gasteiger partial charge in [0.05, 0.1) is 0 Å². The van der Waals surface area contributed by atoms with Crippen molar-refractivity contribution in [3.8, 4) is 0 Å². The van der Waals surface area contributed by atoms with E-state index in [0.29, 0.717) is 23.2 Å². The van der Waals surface area contributed by atoms with Crippen molar-refractivity contribution in [2.75, 3.05) is 24.5 Å². The van der Waals surface area contributed by atoms with Crippen molar-refractivity contribution in [2.24, 2.45) is 0 Å². The van der Waals surface area contributed by atoms with Crippen LogP contribution in [0.3, 0.4) is 0 Å². The van der Waals surface area contributed by atoms with Crippen LogP contribution in [-0.4, -0.2) is 36.5 Å². The van der Waals surface area contributed by atoms with Gasteiger partial charge in [0.15, 0.2) is 0 Å². The fourth-order valence-electron chi connectivity index (χ4n) is 4.14. The van der Waals surface area contributed by atoms with Crippen molar-refractivity contribution in [2.45, 2.75) is 26.1 Å². The third-order valence-corrected chi connectivity index (χ3v) is 6.08. The van der Waals surface area contributed by atoms with Crippen molar-refractivity contribution in [1.29, 1.82) is 0 Å². The van der Waals surface area contributed by atoms with Crippen LogP contribution in [0.15, 0.2) is 72.8 Å². The van der Waals surface area contributed by atoms with Crippen molar-refractivity contribution in [3.05, 3.63) is 100 Å². The topological polar surface area (TPSA) is 35.6 Å². The highest BCUT2D eigenvalue weighted by Crippen LogP contribution is 2.23. The predicted molar refractivity (Wildman–Crippen MR) is 128 cm³/mol. The summed E-state index contributed by atoms with van der Waals surface area (Å²) in [5.41, 5.74) is 3.95. The predicted octanol–water partition coefficient (Wildman–Crippen LogP) is 5.12. The number of benzene rings is 3. The molecule has 1 amide bonds. The SMILES string of the molecule is CC1CN(Cc2ccc(F)cc2)CCN1c1cccc(CNC(=O)c2ccc(Cl)cc2)c1. The number of anilines is 1. The van der Waals surface area contributed by atoms with E-state index in [1.165, 1.54) is 12.1 Å². The van der Waals surface area contributed by atoms with Crippen LogP contribution >= 0.6 is 11.6 Å². The van der Waals surface area contributed by atoms with Crippen molar-refractivity contribution in [1.82, 2.24) is 10.2 Å². The molecule has 0 radical (unpaired) electrons. The average Bonchev–Trinajstić information content (AvgIpc) is 2.80. The van der Waals surface area contributed by atoms with Crippen LogP contribution in [-0.2, 0) is 13.1 Å². The minimum atomic E-state index is -0.198. The monoisotopic (exact) mass is 451 g/mol. The van der Waals surface area contributed by atoms with Crippen LogP contribution < -0.4 is 10.2 Å². The summed E-state index contributed by atoms with van der Waals surface area (Å²) >= 11 is 5.89. The third-order valence-electron chi connectivity index (χ3n) is 5.83. The van der Waals surface area contributed by atoms with Gasteiger partial charge in [-0.05, 0) is 66.6 Å². The van der Waals surface area contributed by atoms with E-state index in [1.807, 2.05) is 24.3 Å². The number of carbonyl (C=O) groups excluding carboxylic acids is 1. The first kappa shape index (κ1) is 22.3. The standard InChI is InChI=1S/C26H27ClFN3O/c1-19-17-30(18-20-5-11-24(28)12-6-20)13-14-31(19)25-4-2-3-21(15-25)16-29-26(32)22-7-9-23(27)10-8-22/h2-12,15,19H,13-14,16-18H2,1H3,(H,29,32). The Morgan fingerprint density at radius 2 is 1.78 bits per heavy atom. The number of piperazine rings is 1. The van der Waals surface area contributed by atoms with Gasteiger partial charge in [-0.1, -0.05) is 35.9 Å². The maximum Gasteiger partial charge on any atom is 0.251 e. The zero-order chi connectivity index (χ0) is 22.5.